The van der Waals surface area contributed by atoms with Gasteiger partial charge in [0.05, 0.1) is 0 Å². The lowest BCUT2D eigenvalue weighted by Gasteiger charge is -2.32. The summed E-state index contributed by atoms with van der Waals surface area (Å²) in [5, 5.41) is 5.26. The van der Waals surface area contributed by atoms with E-state index in [2.05, 4.69) is 31.3 Å². The highest BCUT2D eigenvalue weighted by Crippen LogP contribution is 2.35. The van der Waals surface area contributed by atoms with Crippen LogP contribution in [0.3, 0.4) is 0 Å². The smallest absolute Gasteiger partial charge is 0.332 e. The molecule has 4 nitrogen and oxygen atoms in total. The molecule has 1 aliphatic heterocycles. The fraction of sp³-hybridized carbons (Fsp3) is 0.800. The molecule has 0 aliphatic carbocycles. The highest BCUT2D eigenvalue weighted by atomic mass is 32.2. The van der Waals surface area contributed by atoms with Crippen molar-refractivity contribution in [3.8, 4) is 0 Å². The summed E-state index contributed by atoms with van der Waals surface area (Å²) >= 11 is 2.01. The van der Waals surface area contributed by atoms with Gasteiger partial charge < -0.3 is 5.73 Å². The number of thioether (sulfide) groups is 1. The summed E-state index contributed by atoms with van der Waals surface area (Å²) < 4.78 is 0. The normalized spacial score (nSPS) is 34.1. The van der Waals surface area contributed by atoms with Crippen LogP contribution in [0.25, 0.3) is 0 Å². The minimum atomic E-state index is -0.589. The molecule has 15 heavy (non-hydrogen) atoms. The lowest BCUT2D eigenvalue weighted by atomic mass is 9.95. The molecule has 0 aromatic carbocycles. The molecule has 0 spiro atoms. The van der Waals surface area contributed by atoms with Crippen molar-refractivity contribution in [2.45, 2.75) is 44.1 Å². The third-order valence-corrected chi connectivity index (χ3v) is 4.42. The third kappa shape index (κ3) is 3.41. The van der Waals surface area contributed by atoms with Gasteiger partial charge in [-0.25, -0.2) is 10.2 Å². The van der Waals surface area contributed by atoms with Crippen LogP contribution in [-0.2, 0) is 0 Å². The summed E-state index contributed by atoms with van der Waals surface area (Å²) in [6, 6.07) is -0.589. The Kier molecular flexibility index (Phi) is 4.45. The first-order valence-corrected chi connectivity index (χ1v) is 6.26. The molecule has 1 saturated heterocycles. The van der Waals surface area contributed by atoms with Gasteiger partial charge in [-0.1, -0.05) is 20.8 Å². The fourth-order valence-corrected chi connectivity index (χ4v) is 3.33. The van der Waals surface area contributed by atoms with Crippen molar-refractivity contribution >= 4 is 23.5 Å². The van der Waals surface area contributed by atoms with Gasteiger partial charge in [0.15, 0.2) is 0 Å². The second-order valence-corrected chi connectivity index (χ2v) is 5.65. The van der Waals surface area contributed by atoms with Crippen LogP contribution < -0.4 is 11.2 Å². The second kappa shape index (κ2) is 5.39. The Bertz CT molecular complexity index is 267. The van der Waals surface area contributed by atoms with Crippen molar-refractivity contribution in [3.63, 3.8) is 0 Å². The molecule has 0 radical (unpaired) electrons. The van der Waals surface area contributed by atoms with Crippen LogP contribution >= 0.6 is 11.8 Å². The standard InChI is InChI=1S/C10H19N3OS/c1-4-9-7(3)8(5-6(2)15-9)12-13-10(11)14/h6-7,9H,4-5H2,1-3H3,(H3,11,13,14)/t6-,7+,9-/m1/s1. The number of hydrazone groups is 1. The number of rotatable bonds is 2. The Balaban J connectivity index is 2.69. The van der Waals surface area contributed by atoms with E-state index in [1.165, 1.54) is 0 Å². The number of amides is 2. The molecule has 1 aliphatic rings. The van der Waals surface area contributed by atoms with E-state index in [0.29, 0.717) is 16.4 Å². The van der Waals surface area contributed by atoms with E-state index in [4.69, 9.17) is 5.73 Å². The lowest BCUT2D eigenvalue weighted by molar-refractivity contribution is 0.249. The third-order valence-electron chi connectivity index (χ3n) is 2.70. The summed E-state index contributed by atoms with van der Waals surface area (Å²) in [5.41, 5.74) is 8.38. The monoisotopic (exact) mass is 229 g/mol. The number of primary amides is 1. The molecule has 1 heterocycles. The predicted octanol–water partition coefficient (Wildman–Crippen LogP) is 1.95. The molecular weight excluding hydrogens is 210 g/mol. The molecular formula is C10H19N3OS. The van der Waals surface area contributed by atoms with Crippen LogP contribution in [0.5, 0.6) is 0 Å². The zero-order chi connectivity index (χ0) is 11.4. The van der Waals surface area contributed by atoms with E-state index in [1.54, 1.807) is 0 Å². The van der Waals surface area contributed by atoms with Crippen LogP contribution in [0.2, 0.25) is 0 Å². The van der Waals surface area contributed by atoms with Crippen molar-refractivity contribution < 1.29 is 4.79 Å². The van der Waals surface area contributed by atoms with Crippen molar-refractivity contribution in [1.82, 2.24) is 5.43 Å². The number of hydrogen-bond donors (Lipinski definition) is 2. The van der Waals surface area contributed by atoms with Gasteiger partial charge >= 0.3 is 6.03 Å². The largest absolute Gasteiger partial charge is 0.350 e. The number of nitrogens with zero attached hydrogens (tertiary/aromatic N) is 1. The molecule has 1 fully saturated rings. The Morgan fingerprint density at radius 2 is 2.33 bits per heavy atom. The second-order valence-electron chi connectivity index (χ2n) is 3.97. The highest BCUT2D eigenvalue weighted by molar-refractivity contribution is 8.00. The maximum atomic E-state index is 10.6. The van der Waals surface area contributed by atoms with Gasteiger partial charge in [-0.15, -0.1) is 0 Å². The van der Waals surface area contributed by atoms with Crippen molar-refractivity contribution in [2.75, 3.05) is 0 Å². The minimum absolute atomic E-state index is 0.419. The summed E-state index contributed by atoms with van der Waals surface area (Å²) in [6.45, 7) is 6.54. The topological polar surface area (TPSA) is 67.5 Å². The minimum Gasteiger partial charge on any atom is -0.350 e. The first-order chi connectivity index (χ1) is 7.04. The fourth-order valence-electron chi connectivity index (χ4n) is 1.88. The average Bonchev–Trinajstić information content (AvgIpc) is 2.18. The Labute approximate surface area is 95.1 Å². The number of hydrogen-bond acceptors (Lipinski definition) is 3. The zero-order valence-corrected chi connectivity index (χ0v) is 10.3. The highest BCUT2D eigenvalue weighted by Gasteiger charge is 2.29. The first-order valence-electron chi connectivity index (χ1n) is 5.32. The van der Waals surface area contributed by atoms with Crippen molar-refractivity contribution in [3.05, 3.63) is 0 Å². The molecule has 0 bridgehead atoms. The quantitative estimate of drug-likeness (QED) is 0.711. The summed E-state index contributed by atoms with van der Waals surface area (Å²) in [6.07, 6.45) is 2.06. The molecule has 0 unspecified atom stereocenters. The van der Waals surface area contributed by atoms with Crippen molar-refractivity contribution in [2.24, 2.45) is 16.8 Å². The Morgan fingerprint density at radius 3 is 2.87 bits per heavy atom. The summed E-state index contributed by atoms with van der Waals surface area (Å²) in [5.74, 6) is 0.419. The number of urea groups is 1. The first kappa shape index (κ1) is 12.4. The number of carbonyl (C=O) groups excluding carboxylic acids is 1. The van der Waals surface area contributed by atoms with E-state index in [1.807, 2.05) is 11.8 Å². The van der Waals surface area contributed by atoms with Gasteiger partial charge in [-0.2, -0.15) is 16.9 Å². The number of nitrogens with one attached hydrogen (secondary N) is 1. The average molecular weight is 229 g/mol. The zero-order valence-electron chi connectivity index (χ0n) is 9.49. The van der Waals surface area contributed by atoms with Gasteiger partial charge in [0.25, 0.3) is 0 Å². The van der Waals surface area contributed by atoms with Crippen LogP contribution in [0, 0.1) is 5.92 Å². The maximum absolute atomic E-state index is 10.6. The van der Waals surface area contributed by atoms with E-state index < -0.39 is 6.03 Å². The van der Waals surface area contributed by atoms with E-state index in [-0.39, 0.29) is 0 Å². The van der Waals surface area contributed by atoms with E-state index in [0.717, 1.165) is 18.6 Å². The summed E-state index contributed by atoms with van der Waals surface area (Å²) in [7, 11) is 0. The molecule has 0 saturated carbocycles. The van der Waals surface area contributed by atoms with E-state index >= 15 is 0 Å². The predicted molar refractivity (Wildman–Crippen MR) is 65.1 cm³/mol. The summed E-state index contributed by atoms with van der Waals surface area (Å²) in [4.78, 5) is 10.6. The molecule has 86 valence electrons. The van der Waals surface area contributed by atoms with Gasteiger partial charge in [0, 0.05) is 22.1 Å². The molecule has 3 N–H and O–H groups in total. The SMILES string of the molecule is CC[C@H]1S[C@H](C)CC(=NNC(N)=O)[C@@H]1C. The van der Waals surface area contributed by atoms with Crippen LogP contribution in [0.4, 0.5) is 4.79 Å². The maximum Gasteiger partial charge on any atom is 0.332 e. The molecule has 0 aromatic heterocycles. The van der Waals surface area contributed by atoms with Crippen molar-refractivity contribution in [1.29, 1.82) is 0 Å². The van der Waals surface area contributed by atoms with Crippen LogP contribution in [0.1, 0.15) is 33.6 Å². The molecule has 2 amide bonds. The molecule has 0 aromatic rings. The molecule has 3 atom stereocenters. The Morgan fingerprint density at radius 1 is 1.67 bits per heavy atom. The van der Waals surface area contributed by atoms with E-state index in [9.17, 15) is 4.79 Å². The van der Waals surface area contributed by atoms with Gasteiger partial charge in [-0.05, 0) is 12.8 Å². The molecule has 5 heteroatoms. The molecule has 1 rings (SSSR count). The lowest BCUT2D eigenvalue weighted by Crippen LogP contribution is -2.35. The van der Waals surface area contributed by atoms with Crippen LogP contribution in [0.15, 0.2) is 5.10 Å². The Hall–Kier alpha value is -0.710. The number of nitrogens with two attached hydrogens (primary N) is 1. The number of carbonyl (C=O) groups is 1. The van der Waals surface area contributed by atoms with Crippen LogP contribution in [-0.4, -0.2) is 22.2 Å². The van der Waals surface area contributed by atoms with Gasteiger partial charge in [0.2, 0.25) is 0 Å². The van der Waals surface area contributed by atoms with Gasteiger partial charge in [0.1, 0.15) is 0 Å². The van der Waals surface area contributed by atoms with Gasteiger partial charge in [-0.3, -0.25) is 0 Å².